The predicted octanol–water partition coefficient (Wildman–Crippen LogP) is 5.15. The second-order valence-corrected chi connectivity index (χ2v) is 8.57. The fraction of sp³-hybridized carbons (Fsp3) is 0.125. The summed E-state index contributed by atoms with van der Waals surface area (Å²) in [6.07, 6.45) is 1.61. The molecule has 32 heavy (non-hydrogen) atoms. The van der Waals surface area contributed by atoms with E-state index in [4.69, 9.17) is 16.3 Å². The third kappa shape index (κ3) is 5.43. The molecule has 2 aromatic carbocycles. The molecule has 4 aromatic rings. The Kier molecular flexibility index (Phi) is 6.68. The van der Waals surface area contributed by atoms with E-state index >= 15 is 0 Å². The first-order valence-corrected chi connectivity index (χ1v) is 11.1. The highest BCUT2D eigenvalue weighted by Crippen LogP contribution is 2.18. The van der Waals surface area contributed by atoms with Gasteiger partial charge in [0, 0.05) is 28.2 Å². The van der Waals surface area contributed by atoms with Gasteiger partial charge in [0.05, 0.1) is 22.9 Å². The van der Waals surface area contributed by atoms with Crippen molar-refractivity contribution in [3.8, 4) is 5.75 Å². The maximum atomic E-state index is 12.6. The minimum absolute atomic E-state index is 0.181. The first kappa shape index (κ1) is 21.8. The van der Waals surface area contributed by atoms with Gasteiger partial charge in [-0.1, -0.05) is 29.8 Å². The standard InChI is InChI=1S/C24H20ClN3O3S/c1-16-26-20(15-32-16)14-31-21-9-6-17(7-10-21)24(30)27-19-8-11-23(29)28(13-19)12-18-4-2-3-5-22(18)25/h2-11,13,15H,12,14H2,1H3,(H,27,30). The molecule has 162 valence electrons. The summed E-state index contributed by atoms with van der Waals surface area (Å²) in [6, 6.07) is 17.2. The lowest BCUT2D eigenvalue weighted by Gasteiger charge is -2.11. The summed E-state index contributed by atoms with van der Waals surface area (Å²) in [5.74, 6) is 0.370. The fourth-order valence-corrected chi connectivity index (χ4v) is 3.87. The van der Waals surface area contributed by atoms with Crippen LogP contribution in [-0.4, -0.2) is 15.5 Å². The van der Waals surface area contributed by atoms with Gasteiger partial charge < -0.3 is 14.6 Å². The van der Waals surface area contributed by atoms with Gasteiger partial charge in [-0.05, 0) is 48.9 Å². The molecule has 0 saturated carbocycles. The topological polar surface area (TPSA) is 73.2 Å². The van der Waals surface area contributed by atoms with Crippen LogP contribution in [0.4, 0.5) is 5.69 Å². The van der Waals surface area contributed by atoms with Crippen molar-refractivity contribution in [1.29, 1.82) is 0 Å². The molecule has 0 aliphatic carbocycles. The van der Waals surface area contributed by atoms with Gasteiger partial charge >= 0.3 is 0 Å². The molecule has 0 atom stereocenters. The number of halogens is 1. The molecule has 4 rings (SSSR count). The third-order valence-corrected chi connectivity index (χ3v) is 5.90. The quantitative estimate of drug-likeness (QED) is 0.410. The smallest absolute Gasteiger partial charge is 0.255 e. The van der Waals surface area contributed by atoms with Gasteiger partial charge in [-0.3, -0.25) is 9.59 Å². The molecule has 0 aliphatic rings. The summed E-state index contributed by atoms with van der Waals surface area (Å²) in [4.78, 5) is 29.2. The largest absolute Gasteiger partial charge is 0.487 e. The zero-order valence-corrected chi connectivity index (χ0v) is 18.8. The number of hydrogen-bond acceptors (Lipinski definition) is 5. The van der Waals surface area contributed by atoms with Gasteiger partial charge in [0.25, 0.3) is 11.5 Å². The molecular formula is C24H20ClN3O3S. The molecule has 2 heterocycles. The summed E-state index contributed by atoms with van der Waals surface area (Å²) < 4.78 is 7.23. The Morgan fingerprint density at radius 2 is 1.91 bits per heavy atom. The Labute approximate surface area is 194 Å². The highest BCUT2D eigenvalue weighted by molar-refractivity contribution is 7.09. The first-order valence-electron chi connectivity index (χ1n) is 9.87. The minimum atomic E-state index is -0.283. The van der Waals surface area contributed by atoms with E-state index in [2.05, 4.69) is 10.3 Å². The molecule has 0 spiro atoms. The number of aryl methyl sites for hydroxylation is 1. The number of hydrogen-bond donors (Lipinski definition) is 1. The SMILES string of the molecule is Cc1nc(COc2ccc(C(=O)Nc3ccc(=O)n(Cc4ccccc4Cl)c3)cc2)cs1. The highest BCUT2D eigenvalue weighted by atomic mass is 35.5. The average molecular weight is 466 g/mol. The highest BCUT2D eigenvalue weighted by Gasteiger charge is 2.09. The fourth-order valence-electron chi connectivity index (χ4n) is 3.08. The van der Waals surface area contributed by atoms with Crippen LogP contribution in [0.3, 0.4) is 0 Å². The number of ether oxygens (including phenoxy) is 1. The molecule has 6 nitrogen and oxygen atoms in total. The molecule has 8 heteroatoms. The average Bonchev–Trinajstić information content (AvgIpc) is 3.21. The van der Waals surface area contributed by atoms with Gasteiger partial charge in [-0.25, -0.2) is 4.98 Å². The van der Waals surface area contributed by atoms with Crippen LogP contribution in [-0.2, 0) is 13.2 Å². The number of amides is 1. The van der Waals surface area contributed by atoms with Crippen molar-refractivity contribution in [2.24, 2.45) is 0 Å². The van der Waals surface area contributed by atoms with Crippen molar-refractivity contribution >= 4 is 34.5 Å². The molecule has 0 fully saturated rings. The van der Waals surface area contributed by atoms with Crippen LogP contribution in [0, 0.1) is 6.92 Å². The Morgan fingerprint density at radius 1 is 1.12 bits per heavy atom. The van der Waals surface area contributed by atoms with Crippen LogP contribution in [0.1, 0.15) is 26.6 Å². The predicted molar refractivity (Wildman–Crippen MR) is 127 cm³/mol. The maximum Gasteiger partial charge on any atom is 0.255 e. The number of aromatic nitrogens is 2. The Hall–Kier alpha value is -3.42. The molecule has 1 N–H and O–H groups in total. The summed E-state index contributed by atoms with van der Waals surface area (Å²) in [7, 11) is 0. The lowest BCUT2D eigenvalue weighted by Crippen LogP contribution is -2.21. The van der Waals surface area contributed by atoms with Crippen molar-refractivity contribution in [3.63, 3.8) is 0 Å². The number of anilines is 1. The third-order valence-electron chi connectivity index (χ3n) is 4.71. The molecule has 0 radical (unpaired) electrons. The summed E-state index contributed by atoms with van der Waals surface area (Å²) >= 11 is 7.78. The summed E-state index contributed by atoms with van der Waals surface area (Å²) in [5.41, 5.74) is 2.51. The van der Waals surface area contributed by atoms with Crippen LogP contribution in [0.15, 0.2) is 77.0 Å². The number of thiazole rings is 1. The number of nitrogens with one attached hydrogen (secondary N) is 1. The Morgan fingerprint density at radius 3 is 2.62 bits per heavy atom. The lowest BCUT2D eigenvalue weighted by atomic mass is 10.2. The number of carbonyl (C=O) groups excluding carboxylic acids is 1. The second-order valence-electron chi connectivity index (χ2n) is 7.10. The first-order chi connectivity index (χ1) is 15.5. The summed E-state index contributed by atoms with van der Waals surface area (Å²) in [5, 5.41) is 6.36. The molecule has 0 saturated heterocycles. The van der Waals surface area contributed by atoms with Crippen LogP contribution < -0.4 is 15.6 Å². The Bertz CT molecular complexity index is 1300. The van der Waals surface area contributed by atoms with Crippen LogP contribution in [0.2, 0.25) is 5.02 Å². The minimum Gasteiger partial charge on any atom is -0.487 e. The molecular weight excluding hydrogens is 446 g/mol. The van der Waals surface area contributed by atoms with Gasteiger partial charge in [-0.2, -0.15) is 0 Å². The molecule has 0 unspecified atom stereocenters. The maximum absolute atomic E-state index is 12.6. The van der Waals surface area contributed by atoms with Crippen molar-refractivity contribution in [1.82, 2.24) is 9.55 Å². The van der Waals surface area contributed by atoms with E-state index in [0.29, 0.717) is 35.2 Å². The number of carbonyl (C=O) groups is 1. The van der Waals surface area contributed by atoms with E-state index in [1.807, 2.05) is 30.5 Å². The van der Waals surface area contributed by atoms with Crippen LogP contribution >= 0.6 is 22.9 Å². The lowest BCUT2D eigenvalue weighted by molar-refractivity contribution is 0.102. The molecule has 2 aromatic heterocycles. The van der Waals surface area contributed by atoms with Crippen molar-refractivity contribution in [2.45, 2.75) is 20.1 Å². The number of nitrogens with zero attached hydrogens (tertiary/aromatic N) is 2. The van der Waals surface area contributed by atoms with E-state index < -0.39 is 0 Å². The van der Waals surface area contributed by atoms with E-state index in [0.717, 1.165) is 16.3 Å². The monoisotopic (exact) mass is 465 g/mol. The molecule has 0 aliphatic heterocycles. The van der Waals surface area contributed by atoms with Crippen molar-refractivity contribution in [2.75, 3.05) is 5.32 Å². The second kappa shape index (κ2) is 9.80. The van der Waals surface area contributed by atoms with Crippen LogP contribution in [0.25, 0.3) is 0 Å². The van der Waals surface area contributed by atoms with Gasteiger partial charge in [0.2, 0.25) is 0 Å². The normalized spacial score (nSPS) is 10.7. The molecule has 0 bridgehead atoms. The van der Waals surface area contributed by atoms with E-state index in [1.165, 1.54) is 10.6 Å². The van der Waals surface area contributed by atoms with Gasteiger partial charge in [-0.15, -0.1) is 11.3 Å². The Balaban J connectivity index is 1.41. The molecule has 1 amide bonds. The number of benzene rings is 2. The zero-order chi connectivity index (χ0) is 22.5. The number of rotatable bonds is 7. The summed E-state index contributed by atoms with van der Waals surface area (Å²) in [6.45, 7) is 2.64. The van der Waals surface area contributed by atoms with E-state index in [-0.39, 0.29) is 11.5 Å². The van der Waals surface area contributed by atoms with Crippen molar-refractivity contribution in [3.05, 3.63) is 109 Å². The van der Waals surface area contributed by atoms with Gasteiger partial charge in [0.1, 0.15) is 12.4 Å². The zero-order valence-electron chi connectivity index (χ0n) is 17.2. The van der Waals surface area contributed by atoms with Gasteiger partial charge in [0.15, 0.2) is 0 Å². The van der Waals surface area contributed by atoms with E-state index in [1.54, 1.807) is 53.9 Å². The van der Waals surface area contributed by atoms with E-state index in [9.17, 15) is 9.59 Å². The van der Waals surface area contributed by atoms with Crippen LogP contribution in [0.5, 0.6) is 5.75 Å². The van der Waals surface area contributed by atoms with Crippen molar-refractivity contribution < 1.29 is 9.53 Å². The number of pyridine rings is 1.